The molecule has 1 aromatic heterocycles. The molecular weight excluding hydrogens is 390 g/mol. The summed E-state index contributed by atoms with van der Waals surface area (Å²) in [4.78, 5) is 12.9. The lowest BCUT2D eigenvalue weighted by atomic mass is 9.75. The molecule has 29 heavy (non-hydrogen) atoms. The molecule has 2 aliphatic carbocycles. The van der Waals surface area contributed by atoms with Gasteiger partial charge in [-0.25, -0.2) is 18.8 Å². The fourth-order valence-corrected chi connectivity index (χ4v) is 5.71. The number of aryl methyl sites for hydroxylation is 1. The van der Waals surface area contributed by atoms with Crippen LogP contribution in [-0.2, 0) is 35.7 Å². The van der Waals surface area contributed by atoms with Crippen LogP contribution in [0.2, 0.25) is 0 Å². The van der Waals surface area contributed by atoms with Crippen molar-refractivity contribution in [1.29, 1.82) is 0 Å². The second-order valence-electron chi connectivity index (χ2n) is 8.84. The highest BCUT2D eigenvalue weighted by atomic mass is 32.2. The van der Waals surface area contributed by atoms with Gasteiger partial charge in [0.05, 0.1) is 12.7 Å². The third kappa shape index (κ3) is 2.95. The number of urea groups is 1. The zero-order valence-corrected chi connectivity index (χ0v) is 17.6. The van der Waals surface area contributed by atoms with Crippen molar-refractivity contribution in [2.24, 2.45) is 9.50 Å². The smallest absolute Gasteiger partial charge is 0.354 e. The van der Waals surface area contributed by atoms with Gasteiger partial charge >= 0.3 is 6.03 Å². The first-order valence-corrected chi connectivity index (χ1v) is 11.5. The van der Waals surface area contributed by atoms with Crippen LogP contribution in [0.3, 0.4) is 0 Å². The number of ether oxygens (including phenoxy) is 1. The van der Waals surface area contributed by atoms with Gasteiger partial charge in [0.1, 0.15) is 10.5 Å². The minimum atomic E-state index is -3.49. The molecule has 0 radical (unpaired) electrons. The summed E-state index contributed by atoms with van der Waals surface area (Å²) in [6, 6.07) is 1.57. The Morgan fingerprint density at radius 2 is 2.21 bits per heavy atom. The minimum absolute atomic E-state index is 0.151. The Bertz CT molecular complexity index is 1170. The van der Waals surface area contributed by atoms with Gasteiger partial charge in [-0.2, -0.15) is 5.10 Å². The molecule has 5 rings (SSSR count). The third-order valence-corrected chi connectivity index (χ3v) is 7.32. The summed E-state index contributed by atoms with van der Waals surface area (Å²) in [7, 11) is -3.49. The Balaban J connectivity index is 1.48. The Kier molecular flexibility index (Phi) is 3.89. The number of carbonyl (C=O) groups excluding carboxylic acids is 1. The molecule has 3 aliphatic rings. The number of nitrogens with zero attached hydrogens (tertiary/aromatic N) is 3. The Hall–Kier alpha value is -2.39. The summed E-state index contributed by atoms with van der Waals surface area (Å²) in [5.74, 6) is 0.709. The molecular formula is C20H25N5O3S. The molecule has 0 spiro atoms. The number of fused-ring (bicyclic) bond motifs is 3. The van der Waals surface area contributed by atoms with Gasteiger partial charge in [-0.3, -0.25) is 0 Å². The first-order valence-electron chi connectivity index (χ1n) is 9.93. The van der Waals surface area contributed by atoms with Crippen LogP contribution in [0.1, 0.15) is 55.4 Å². The van der Waals surface area contributed by atoms with Gasteiger partial charge in [0, 0.05) is 5.69 Å². The molecule has 0 saturated carbocycles. The Morgan fingerprint density at radius 3 is 2.97 bits per heavy atom. The summed E-state index contributed by atoms with van der Waals surface area (Å²) < 4.78 is 24.4. The second-order valence-corrected chi connectivity index (χ2v) is 10.6. The van der Waals surface area contributed by atoms with E-state index in [-0.39, 0.29) is 4.90 Å². The van der Waals surface area contributed by atoms with Crippen molar-refractivity contribution in [1.82, 2.24) is 9.78 Å². The highest BCUT2D eigenvalue weighted by molar-refractivity contribution is 7.91. The number of benzene rings is 1. The quantitative estimate of drug-likeness (QED) is 0.785. The molecule has 1 aliphatic heterocycles. The third-order valence-electron chi connectivity index (χ3n) is 5.97. The van der Waals surface area contributed by atoms with E-state index in [1.807, 2.05) is 13.8 Å². The predicted molar refractivity (Wildman–Crippen MR) is 110 cm³/mol. The summed E-state index contributed by atoms with van der Waals surface area (Å²) in [5, 5.41) is 13.1. The van der Waals surface area contributed by atoms with Crippen LogP contribution in [-0.4, -0.2) is 25.6 Å². The average molecular weight is 416 g/mol. The monoisotopic (exact) mass is 415 g/mol. The van der Waals surface area contributed by atoms with E-state index in [0.29, 0.717) is 18.3 Å². The summed E-state index contributed by atoms with van der Waals surface area (Å²) in [6.07, 6.45) is 5.43. The van der Waals surface area contributed by atoms with E-state index in [9.17, 15) is 9.00 Å². The number of nitrogens with one attached hydrogen (secondary N) is 1. The van der Waals surface area contributed by atoms with Crippen LogP contribution >= 0.6 is 0 Å². The Morgan fingerprint density at radius 1 is 1.41 bits per heavy atom. The largest absolute Gasteiger partial charge is 0.469 e. The SMILES string of the molecule is C[C@@H]1Cc2cc3c(c(NC(=O)N=[S@@](N)(=O)c4cnn5c4OC(C)(C)C5)c21)CCC3. The van der Waals surface area contributed by atoms with Crippen molar-refractivity contribution in [3.63, 3.8) is 0 Å². The molecule has 154 valence electrons. The van der Waals surface area contributed by atoms with E-state index in [1.165, 1.54) is 28.5 Å². The van der Waals surface area contributed by atoms with Crippen LogP contribution in [0.15, 0.2) is 21.5 Å². The maximum absolute atomic E-state index is 13.1. The highest BCUT2D eigenvalue weighted by Crippen LogP contribution is 2.45. The van der Waals surface area contributed by atoms with E-state index in [0.717, 1.165) is 31.4 Å². The van der Waals surface area contributed by atoms with Gasteiger partial charge in [-0.1, -0.05) is 13.0 Å². The van der Waals surface area contributed by atoms with Crippen LogP contribution in [0.5, 0.6) is 5.88 Å². The van der Waals surface area contributed by atoms with Crippen molar-refractivity contribution >= 4 is 21.6 Å². The molecule has 9 heteroatoms. The van der Waals surface area contributed by atoms with Gasteiger partial charge in [0.15, 0.2) is 9.92 Å². The first-order chi connectivity index (χ1) is 13.6. The van der Waals surface area contributed by atoms with E-state index >= 15 is 0 Å². The second kappa shape index (κ2) is 6.06. The first kappa shape index (κ1) is 18.6. The van der Waals surface area contributed by atoms with E-state index in [1.54, 1.807) is 4.68 Å². The Labute approximate surface area is 170 Å². The lowest BCUT2D eigenvalue weighted by Gasteiger charge is -2.31. The number of amides is 2. The summed E-state index contributed by atoms with van der Waals surface area (Å²) in [6.45, 7) is 6.48. The number of aromatic nitrogens is 2. The average Bonchev–Trinajstić information content (AvgIpc) is 3.26. The molecule has 8 nitrogen and oxygen atoms in total. The standard InChI is InChI=1S/C20H25N5O3S/c1-11-7-13-8-12-5-4-6-14(12)17(16(11)13)23-19(26)24-29(21,27)15-9-22-25-10-20(2,3)28-18(15)25/h8-9,11H,4-7,10H2,1-3H3,(H3,21,23,24,26,27)/t11-,29-/m1/s1. The predicted octanol–water partition coefficient (Wildman–Crippen LogP) is 3.14. The minimum Gasteiger partial charge on any atom is -0.469 e. The van der Waals surface area contributed by atoms with Gasteiger partial charge in [0.2, 0.25) is 5.88 Å². The maximum atomic E-state index is 13.1. The molecule has 2 aromatic rings. The summed E-state index contributed by atoms with van der Waals surface area (Å²) in [5.41, 5.74) is 5.30. The normalized spacial score (nSPS) is 22.6. The number of nitrogens with two attached hydrogens (primary N) is 1. The molecule has 0 saturated heterocycles. The molecule has 2 amide bonds. The molecule has 3 N–H and O–H groups in total. The number of hydrogen-bond donors (Lipinski definition) is 2. The number of anilines is 1. The van der Waals surface area contributed by atoms with Gasteiger partial charge in [-0.15, -0.1) is 4.36 Å². The van der Waals surface area contributed by atoms with Gasteiger partial charge in [0.25, 0.3) is 0 Å². The zero-order chi connectivity index (χ0) is 20.6. The highest BCUT2D eigenvalue weighted by Gasteiger charge is 2.36. The van der Waals surface area contributed by atoms with E-state index < -0.39 is 21.5 Å². The lowest BCUT2D eigenvalue weighted by Crippen LogP contribution is -2.27. The molecule has 0 bridgehead atoms. The van der Waals surface area contributed by atoms with Gasteiger partial charge in [-0.05, 0) is 67.7 Å². The number of carbonyl (C=O) groups is 1. The van der Waals surface area contributed by atoms with Crippen LogP contribution in [0.25, 0.3) is 0 Å². The van der Waals surface area contributed by atoms with E-state index in [2.05, 4.69) is 27.8 Å². The van der Waals surface area contributed by atoms with Crippen molar-refractivity contribution in [2.45, 2.75) is 69.4 Å². The molecule has 0 fully saturated rings. The molecule has 2 atom stereocenters. The van der Waals surface area contributed by atoms with Gasteiger partial charge < -0.3 is 10.1 Å². The zero-order valence-electron chi connectivity index (χ0n) is 16.8. The van der Waals surface area contributed by atoms with Crippen LogP contribution in [0, 0.1) is 0 Å². The summed E-state index contributed by atoms with van der Waals surface area (Å²) >= 11 is 0. The van der Waals surface area contributed by atoms with Crippen molar-refractivity contribution in [3.8, 4) is 5.88 Å². The van der Waals surface area contributed by atoms with E-state index in [4.69, 9.17) is 9.88 Å². The molecule has 1 aromatic carbocycles. The fraction of sp³-hybridized carbons (Fsp3) is 0.500. The van der Waals surface area contributed by atoms with Crippen molar-refractivity contribution < 1.29 is 13.7 Å². The molecule has 2 heterocycles. The van der Waals surface area contributed by atoms with Crippen molar-refractivity contribution in [3.05, 3.63) is 34.5 Å². The topological polar surface area (TPSA) is 112 Å². The van der Waals surface area contributed by atoms with Crippen LogP contribution < -0.4 is 15.2 Å². The number of hydrogen-bond acceptors (Lipinski definition) is 4. The van der Waals surface area contributed by atoms with Crippen molar-refractivity contribution in [2.75, 3.05) is 5.32 Å². The fourth-order valence-electron chi connectivity index (χ4n) is 4.73. The van der Waals surface area contributed by atoms with Crippen LogP contribution in [0.4, 0.5) is 10.5 Å². The maximum Gasteiger partial charge on any atom is 0.354 e. The number of rotatable bonds is 2. The molecule has 0 unspecified atom stereocenters. The lowest BCUT2D eigenvalue weighted by molar-refractivity contribution is 0.132.